The quantitative estimate of drug-likeness (QED) is 0.0440. The normalized spacial score (nSPS) is 14.1. The van der Waals surface area contributed by atoms with Crippen molar-refractivity contribution >= 4 is 5.91 Å². The summed E-state index contributed by atoms with van der Waals surface area (Å²) in [5.74, 6) is -0.108. The molecule has 0 aromatic carbocycles. The molecule has 2 unspecified atom stereocenters. The lowest BCUT2D eigenvalue weighted by Gasteiger charge is -2.19. The van der Waals surface area contributed by atoms with Gasteiger partial charge in [0.2, 0.25) is 5.91 Å². The van der Waals surface area contributed by atoms with Gasteiger partial charge in [-0.1, -0.05) is 181 Å². The number of hydrogen-bond acceptors (Lipinski definition) is 3. The van der Waals surface area contributed by atoms with E-state index in [1.54, 1.807) is 6.08 Å². The van der Waals surface area contributed by atoms with Crippen LogP contribution in [0.25, 0.3) is 0 Å². The highest BCUT2D eigenvalue weighted by Gasteiger charge is 2.17. The number of carbonyl (C=O) groups excluding carboxylic acids is 1. The fraction of sp³-hybridized carbons (Fsp3) is 0.612. The molecular weight excluding hydrogens is 651 g/mol. The molecule has 0 bridgehead atoms. The van der Waals surface area contributed by atoms with Crippen LogP contribution in [0.3, 0.4) is 0 Å². The van der Waals surface area contributed by atoms with Gasteiger partial charge in [0.15, 0.2) is 0 Å². The van der Waals surface area contributed by atoms with Crippen molar-refractivity contribution in [2.24, 2.45) is 0 Å². The topological polar surface area (TPSA) is 69.6 Å². The maximum Gasteiger partial charge on any atom is 0.220 e. The lowest BCUT2D eigenvalue weighted by atomic mass is 10.1. The van der Waals surface area contributed by atoms with Gasteiger partial charge >= 0.3 is 0 Å². The average Bonchev–Trinajstić information content (AvgIpc) is 3.16. The minimum absolute atomic E-state index is 0.108. The Morgan fingerprint density at radius 1 is 0.472 bits per heavy atom. The SMILES string of the molecule is CC/C=C\C/C=C\C/C=C\C/C=C\C/C=C\C/C=C\CCCCCCC(=O)NC(CO)C(O)/C=C/CC/C=C/CC/C=C/CCCCCCCCCC. The first kappa shape index (κ1) is 50.1. The predicted molar refractivity (Wildman–Crippen MR) is 234 cm³/mol. The number of carbonyl (C=O) groups is 1. The molecule has 0 aliphatic rings. The van der Waals surface area contributed by atoms with Gasteiger partial charge in [-0.3, -0.25) is 4.79 Å². The number of unbranched alkanes of at least 4 members (excludes halogenated alkanes) is 14. The Labute approximate surface area is 327 Å². The third-order valence-electron chi connectivity index (χ3n) is 8.97. The van der Waals surface area contributed by atoms with Gasteiger partial charge in [0.1, 0.15) is 0 Å². The largest absolute Gasteiger partial charge is 0.394 e. The van der Waals surface area contributed by atoms with Gasteiger partial charge in [0.25, 0.3) is 0 Å². The van der Waals surface area contributed by atoms with Crippen molar-refractivity contribution in [1.82, 2.24) is 5.32 Å². The monoisotopic (exact) mass is 732 g/mol. The van der Waals surface area contributed by atoms with Crippen molar-refractivity contribution in [2.75, 3.05) is 6.61 Å². The first-order valence-corrected chi connectivity index (χ1v) is 21.6. The molecule has 0 heterocycles. The number of amides is 1. The van der Waals surface area contributed by atoms with Crippen molar-refractivity contribution in [1.29, 1.82) is 0 Å². The van der Waals surface area contributed by atoms with Crippen LogP contribution >= 0.6 is 0 Å². The summed E-state index contributed by atoms with van der Waals surface area (Å²) in [6.07, 6.45) is 66.1. The van der Waals surface area contributed by atoms with Crippen LogP contribution in [-0.4, -0.2) is 34.9 Å². The zero-order valence-electron chi connectivity index (χ0n) is 34.2. The van der Waals surface area contributed by atoms with E-state index < -0.39 is 12.1 Å². The Kier molecular flexibility index (Phi) is 41.0. The molecule has 4 nitrogen and oxygen atoms in total. The van der Waals surface area contributed by atoms with Crippen LogP contribution in [-0.2, 0) is 4.79 Å². The molecule has 0 rings (SSSR count). The Morgan fingerprint density at radius 2 is 0.849 bits per heavy atom. The van der Waals surface area contributed by atoms with Crippen LogP contribution in [0.15, 0.2) is 109 Å². The van der Waals surface area contributed by atoms with Crippen molar-refractivity contribution < 1.29 is 15.0 Å². The van der Waals surface area contributed by atoms with Crippen molar-refractivity contribution in [3.63, 3.8) is 0 Å². The summed E-state index contributed by atoms with van der Waals surface area (Å²) in [4.78, 5) is 12.4. The molecule has 0 saturated carbocycles. The van der Waals surface area contributed by atoms with Gasteiger partial charge in [0.05, 0.1) is 18.8 Å². The second-order valence-corrected chi connectivity index (χ2v) is 14.0. The second-order valence-electron chi connectivity index (χ2n) is 14.0. The third-order valence-corrected chi connectivity index (χ3v) is 8.97. The smallest absolute Gasteiger partial charge is 0.220 e. The Morgan fingerprint density at radius 3 is 1.32 bits per heavy atom. The molecule has 0 aliphatic carbocycles. The van der Waals surface area contributed by atoms with Gasteiger partial charge in [-0.05, 0) is 96.3 Å². The van der Waals surface area contributed by atoms with E-state index >= 15 is 0 Å². The summed E-state index contributed by atoms with van der Waals surface area (Å²) >= 11 is 0. The molecule has 53 heavy (non-hydrogen) atoms. The standard InChI is InChI=1S/C49H81NO3/c1-3-5-7-9-11-13-15-17-19-21-23-24-25-26-27-29-31-33-35-37-39-41-43-45-49(53)50-47(46-51)48(52)44-42-40-38-36-34-32-30-28-22-20-18-16-14-12-10-8-6-4-2/h5,7,11,13,17,19,22-24,26-28,31,33-34,36,42,44,47-48,51-52H,3-4,6,8-10,12,14-16,18,20-21,25,29-30,32,35,37-41,43,45-46H2,1-2H3,(H,50,53)/b7-5-,13-11-,19-17-,24-23-,27-26-,28-22+,33-31-,36-34+,44-42+. The number of aliphatic hydroxyl groups excluding tert-OH is 2. The van der Waals surface area contributed by atoms with E-state index in [9.17, 15) is 15.0 Å². The third kappa shape index (κ3) is 40.1. The van der Waals surface area contributed by atoms with Gasteiger partial charge in [0, 0.05) is 6.42 Å². The van der Waals surface area contributed by atoms with Gasteiger partial charge < -0.3 is 15.5 Å². The maximum absolute atomic E-state index is 12.4. The first-order chi connectivity index (χ1) is 26.2. The van der Waals surface area contributed by atoms with E-state index in [1.807, 2.05) is 6.08 Å². The molecule has 0 spiro atoms. The van der Waals surface area contributed by atoms with E-state index in [1.165, 1.54) is 57.8 Å². The zero-order chi connectivity index (χ0) is 38.6. The lowest BCUT2D eigenvalue weighted by Crippen LogP contribution is -2.45. The van der Waals surface area contributed by atoms with Gasteiger partial charge in [-0.2, -0.15) is 0 Å². The highest BCUT2D eigenvalue weighted by Crippen LogP contribution is 2.11. The Balaban J connectivity index is 3.78. The van der Waals surface area contributed by atoms with E-state index in [2.05, 4.69) is 116 Å². The number of aliphatic hydroxyl groups is 2. The van der Waals surface area contributed by atoms with Crippen molar-refractivity contribution in [3.8, 4) is 0 Å². The molecular formula is C49H81NO3. The number of hydrogen-bond donors (Lipinski definition) is 3. The molecule has 0 aliphatic heterocycles. The summed E-state index contributed by atoms with van der Waals surface area (Å²) in [5, 5.41) is 23.0. The summed E-state index contributed by atoms with van der Waals surface area (Å²) in [6, 6.07) is -0.667. The van der Waals surface area contributed by atoms with Crippen LogP contribution in [0.4, 0.5) is 0 Å². The number of allylic oxidation sites excluding steroid dienone is 17. The molecule has 2 atom stereocenters. The van der Waals surface area contributed by atoms with Crippen LogP contribution in [0.5, 0.6) is 0 Å². The second kappa shape index (κ2) is 43.5. The fourth-order valence-corrected chi connectivity index (χ4v) is 5.68. The number of rotatable bonds is 37. The molecule has 4 heteroatoms. The van der Waals surface area contributed by atoms with Crippen LogP contribution in [0.1, 0.15) is 174 Å². The zero-order valence-corrected chi connectivity index (χ0v) is 34.2. The molecule has 3 N–H and O–H groups in total. The van der Waals surface area contributed by atoms with Crippen LogP contribution < -0.4 is 5.32 Å². The molecule has 0 aromatic heterocycles. The molecule has 300 valence electrons. The summed E-state index contributed by atoms with van der Waals surface area (Å²) < 4.78 is 0. The van der Waals surface area contributed by atoms with Crippen LogP contribution in [0.2, 0.25) is 0 Å². The van der Waals surface area contributed by atoms with Crippen molar-refractivity contribution in [3.05, 3.63) is 109 Å². The fourth-order valence-electron chi connectivity index (χ4n) is 5.68. The average molecular weight is 732 g/mol. The van der Waals surface area contributed by atoms with Crippen LogP contribution in [0, 0.1) is 0 Å². The molecule has 1 amide bonds. The van der Waals surface area contributed by atoms with Crippen molar-refractivity contribution in [2.45, 2.75) is 187 Å². The molecule has 0 saturated heterocycles. The van der Waals surface area contributed by atoms with E-state index in [4.69, 9.17) is 0 Å². The summed E-state index contributed by atoms with van der Waals surface area (Å²) in [7, 11) is 0. The Hall–Kier alpha value is -2.95. The maximum atomic E-state index is 12.4. The summed E-state index contributed by atoms with van der Waals surface area (Å²) in [5.41, 5.74) is 0. The lowest BCUT2D eigenvalue weighted by molar-refractivity contribution is -0.123. The molecule has 0 radical (unpaired) electrons. The summed E-state index contributed by atoms with van der Waals surface area (Å²) in [6.45, 7) is 4.15. The first-order valence-electron chi connectivity index (χ1n) is 21.6. The van der Waals surface area contributed by atoms with Gasteiger partial charge in [-0.25, -0.2) is 0 Å². The highest BCUT2D eigenvalue weighted by atomic mass is 16.3. The van der Waals surface area contributed by atoms with Gasteiger partial charge in [-0.15, -0.1) is 0 Å². The molecule has 0 fully saturated rings. The minimum atomic E-state index is -0.888. The van der Waals surface area contributed by atoms with E-state index in [-0.39, 0.29) is 12.5 Å². The minimum Gasteiger partial charge on any atom is -0.394 e. The highest BCUT2D eigenvalue weighted by molar-refractivity contribution is 5.76. The predicted octanol–water partition coefficient (Wildman–Crippen LogP) is 13.6. The van der Waals surface area contributed by atoms with E-state index in [0.29, 0.717) is 6.42 Å². The van der Waals surface area contributed by atoms with E-state index in [0.717, 1.165) is 96.3 Å². The number of nitrogens with one attached hydrogen (secondary N) is 1. The Bertz CT molecular complexity index is 1060. The molecule has 0 aromatic rings.